The molecule has 0 aliphatic heterocycles. The largest absolute Gasteiger partial charge is 0.496 e. The summed E-state index contributed by atoms with van der Waals surface area (Å²) in [5.41, 5.74) is 0.991. The van der Waals surface area contributed by atoms with Gasteiger partial charge < -0.3 is 10.1 Å². The van der Waals surface area contributed by atoms with Gasteiger partial charge in [-0.3, -0.25) is 4.79 Å². The summed E-state index contributed by atoms with van der Waals surface area (Å²) in [5.74, 6) is 0.707. The molecule has 1 aromatic rings. The molecule has 1 amide bonds. The predicted molar refractivity (Wildman–Crippen MR) is 83.1 cm³/mol. The van der Waals surface area contributed by atoms with E-state index in [0.717, 1.165) is 28.5 Å². The minimum atomic E-state index is -0.0239. The van der Waals surface area contributed by atoms with Gasteiger partial charge in [0.25, 0.3) is 5.91 Å². The lowest BCUT2D eigenvalue weighted by molar-refractivity contribution is 0.0944. The molecule has 1 N–H and O–H groups in total. The average molecular weight is 391 g/mol. The lowest BCUT2D eigenvalue weighted by atomic mass is 10.0. The van der Waals surface area contributed by atoms with E-state index >= 15 is 0 Å². The van der Waals surface area contributed by atoms with Crippen LogP contribution < -0.4 is 10.1 Å². The summed E-state index contributed by atoms with van der Waals surface area (Å²) >= 11 is 6.86. The molecule has 19 heavy (non-hydrogen) atoms. The molecule has 1 aliphatic carbocycles. The first-order valence-corrected chi connectivity index (χ1v) is 8.19. The van der Waals surface area contributed by atoms with E-state index in [9.17, 15) is 4.79 Å². The summed E-state index contributed by atoms with van der Waals surface area (Å²) in [6, 6.07) is 5.37. The van der Waals surface area contributed by atoms with Crippen molar-refractivity contribution in [1.82, 2.24) is 5.32 Å². The van der Waals surface area contributed by atoms with Gasteiger partial charge in [0, 0.05) is 17.4 Å². The van der Waals surface area contributed by atoms with Crippen molar-refractivity contribution in [3.8, 4) is 5.75 Å². The van der Waals surface area contributed by atoms with Crippen LogP contribution in [0.25, 0.3) is 0 Å². The molecule has 0 aromatic heterocycles. The highest BCUT2D eigenvalue weighted by molar-refractivity contribution is 9.10. The van der Waals surface area contributed by atoms with Crippen molar-refractivity contribution in [2.75, 3.05) is 19.0 Å². The SMILES string of the molecule is COc1ccc(C(=O)NCC2(CCBr)CC2)cc1Br. The van der Waals surface area contributed by atoms with E-state index in [-0.39, 0.29) is 5.91 Å². The first-order valence-electron chi connectivity index (χ1n) is 6.28. The highest BCUT2D eigenvalue weighted by atomic mass is 79.9. The Hall–Kier alpha value is -0.550. The van der Waals surface area contributed by atoms with Crippen LogP contribution in [-0.2, 0) is 0 Å². The number of carbonyl (C=O) groups is 1. The quantitative estimate of drug-likeness (QED) is 0.751. The Morgan fingerprint density at radius 1 is 1.47 bits per heavy atom. The Bertz CT molecular complexity index is 473. The van der Waals surface area contributed by atoms with Crippen LogP contribution in [-0.4, -0.2) is 24.9 Å². The van der Waals surface area contributed by atoms with Crippen molar-refractivity contribution in [2.45, 2.75) is 19.3 Å². The Kier molecular flexibility index (Phi) is 4.90. The molecule has 1 fully saturated rings. The Morgan fingerprint density at radius 3 is 2.74 bits per heavy atom. The zero-order valence-corrected chi connectivity index (χ0v) is 14.0. The summed E-state index contributed by atoms with van der Waals surface area (Å²) in [4.78, 5) is 12.1. The normalized spacial score (nSPS) is 15.9. The van der Waals surface area contributed by atoms with Gasteiger partial charge in [-0.2, -0.15) is 0 Å². The fraction of sp³-hybridized carbons (Fsp3) is 0.500. The fourth-order valence-corrected chi connectivity index (χ4v) is 3.45. The standard InChI is InChI=1S/C14H17Br2NO2/c1-19-12-3-2-10(8-11(12)16)13(18)17-9-14(4-5-14)6-7-15/h2-3,8H,4-7,9H2,1H3,(H,17,18). The van der Waals surface area contributed by atoms with Crippen LogP contribution in [0.2, 0.25) is 0 Å². The topological polar surface area (TPSA) is 38.3 Å². The molecule has 0 unspecified atom stereocenters. The van der Waals surface area contributed by atoms with Crippen LogP contribution in [0.4, 0.5) is 0 Å². The predicted octanol–water partition coefficient (Wildman–Crippen LogP) is 3.75. The van der Waals surface area contributed by atoms with E-state index in [2.05, 4.69) is 37.2 Å². The molecular formula is C14H17Br2NO2. The maximum absolute atomic E-state index is 12.1. The molecule has 1 aromatic carbocycles. The van der Waals surface area contributed by atoms with Crippen LogP contribution in [0.15, 0.2) is 22.7 Å². The molecule has 0 atom stereocenters. The highest BCUT2D eigenvalue weighted by Gasteiger charge is 2.41. The number of methoxy groups -OCH3 is 1. The van der Waals surface area contributed by atoms with Crippen molar-refractivity contribution in [3.05, 3.63) is 28.2 Å². The summed E-state index contributed by atoms with van der Waals surface area (Å²) in [6.07, 6.45) is 3.55. The molecular weight excluding hydrogens is 374 g/mol. The molecule has 0 spiro atoms. The van der Waals surface area contributed by atoms with Gasteiger partial charge in [0.15, 0.2) is 0 Å². The Labute approximate surface area is 130 Å². The molecule has 2 rings (SSSR count). The minimum absolute atomic E-state index is 0.0239. The lowest BCUT2D eigenvalue weighted by Gasteiger charge is -2.14. The zero-order chi connectivity index (χ0) is 13.9. The number of amides is 1. The van der Waals surface area contributed by atoms with Gasteiger partial charge in [0.1, 0.15) is 5.75 Å². The van der Waals surface area contributed by atoms with Crippen molar-refractivity contribution in [1.29, 1.82) is 0 Å². The van der Waals surface area contributed by atoms with Crippen molar-refractivity contribution >= 4 is 37.8 Å². The first-order chi connectivity index (χ1) is 9.10. The Balaban J connectivity index is 1.95. The number of carbonyl (C=O) groups excluding carboxylic acids is 1. The third-order valence-electron chi connectivity index (χ3n) is 3.62. The zero-order valence-electron chi connectivity index (χ0n) is 10.8. The number of alkyl halides is 1. The third-order valence-corrected chi connectivity index (χ3v) is 4.64. The monoisotopic (exact) mass is 389 g/mol. The maximum Gasteiger partial charge on any atom is 0.251 e. The number of hydrogen-bond acceptors (Lipinski definition) is 2. The molecule has 5 heteroatoms. The van der Waals surface area contributed by atoms with Gasteiger partial charge >= 0.3 is 0 Å². The molecule has 0 saturated heterocycles. The van der Waals surface area contributed by atoms with E-state index < -0.39 is 0 Å². The van der Waals surface area contributed by atoms with Gasteiger partial charge in [-0.25, -0.2) is 0 Å². The van der Waals surface area contributed by atoms with E-state index in [0.29, 0.717) is 11.0 Å². The van der Waals surface area contributed by atoms with Crippen molar-refractivity contribution in [2.24, 2.45) is 5.41 Å². The smallest absolute Gasteiger partial charge is 0.251 e. The second kappa shape index (κ2) is 6.27. The van der Waals surface area contributed by atoms with Gasteiger partial charge in [0.2, 0.25) is 0 Å². The number of rotatable bonds is 6. The molecule has 104 valence electrons. The van der Waals surface area contributed by atoms with Gasteiger partial charge in [-0.05, 0) is 58.8 Å². The lowest BCUT2D eigenvalue weighted by Crippen LogP contribution is -2.30. The minimum Gasteiger partial charge on any atom is -0.496 e. The van der Waals surface area contributed by atoms with Gasteiger partial charge in [-0.15, -0.1) is 0 Å². The van der Waals surface area contributed by atoms with Crippen LogP contribution in [0.3, 0.4) is 0 Å². The molecule has 1 saturated carbocycles. The van der Waals surface area contributed by atoms with E-state index in [1.54, 1.807) is 25.3 Å². The summed E-state index contributed by atoms with van der Waals surface area (Å²) in [5, 5.41) is 4.03. The molecule has 0 bridgehead atoms. The molecule has 3 nitrogen and oxygen atoms in total. The van der Waals surface area contributed by atoms with E-state index in [1.165, 1.54) is 12.8 Å². The summed E-state index contributed by atoms with van der Waals surface area (Å²) < 4.78 is 5.95. The first kappa shape index (κ1) is 14.9. The maximum atomic E-state index is 12.1. The third kappa shape index (κ3) is 3.72. The molecule has 0 radical (unpaired) electrons. The van der Waals surface area contributed by atoms with E-state index in [1.807, 2.05) is 0 Å². The van der Waals surface area contributed by atoms with Crippen LogP contribution in [0, 0.1) is 5.41 Å². The Morgan fingerprint density at radius 2 is 2.21 bits per heavy atom. The second-order valence-corrected chi connectivity index (χ2v) is 6.62. The highest BCUT2D eigenvalue weighted by Crippen LogP contribution is 2.48. The summed E-state index contributed by atoms with van der Waals surface area (Å²) in [7, 11) is 1.61. The average Bonchev–Trinajstić information content (AvgIpc) is 3.16. The number of ether oxygens (including phenoxy) is 1. The molecule has 1 aliphatic rings. The van der Waals surface area contributed by atoms with Crippen LogP contribution >= 0.6 is 31.9 Å². The van der Waals surface area contributed by atoms with Crippen molar-refractivity contribution < 1.29 is 9.53 Å². The summed E-state index contributed by atoms with van der Waals surface area (Å²) in [6.45, 7) is 0.765. The number of hydrogen-bond donors (Lipinski definition) is 1. The number of nitrogens with one attached hydrogen (secondary N) is 1. The van der Waals surface area contributed by atoms with Crippen LogP contribution in [0.1, 0.15) is 29.6 Å². The second-order valence-electron chi connectivity index (χ2n) is 4.97. The van der Waals surface area contributed by atoms with E-state index in [4.69, 9.17) is 4.74 Å². The number of benzene rings is 1. The fourth-order valence-electron chi connectivity index (χ4n) is 2.07. The van der Waals surface area contributed by atoms with Gasteiger partial charge in [0.05, 0.1) is 11.6 Å². The van der Waals surface area contributed by atoms with Crippen LogP contribution in [0.5, 0.6) is 5.75 Å². The molecule has 0 heterocycles. The van der Waals surface area contributed by atoms with Gasteiger partial charge in [-0.1, -0.05) is 15.9 Å². The number of halogens is 2. The van der Waals surface area contributed by atoms with Crippen molar-refractivity contribution in [3.63, 3.8) is 0 Å².